The van der Waals surface area contributed by atoms with Crippen molar-refractivity contribution in [2.45, 2.75) is 19.6 Å². The number of ether oxygens (including phenoxy) is 2. The molecule has 3 aromatic rings. The molecule has 0 saturated heterocycles. The van der Waals surface area contributed by atoms with E-state index in [1.807, 2.05) is 13.8 Å². The molecule has 154 valence electrons. The molecule has 0 fully saturated rings. The van der Waals surface area contributed by atoms with E-state index in [2.05, 4.69) is 10.4 Å². The first-order chi connectivity index (χ1) is 14.2. The number of nitrogens with one attached hydrogen (secondary N) is 1. The number of aryl methyl sites for hydroxylation is 1. The molecule has 0 aliphatic carbocycles. The van der Waals surface area contributed by atoms with Crippen LogP contribution in [-0.2, 0) is 7.05 Å². The van der Waals surface area contributed by atoms with E-state index in [0.717, 1.165) is 0 Å². The molecule has 2 heterocycles. The lowest BCUT2D eigenvalue weighted by Crippen LogP contribution is -2.52. The molecule has 0 spiro atoms. The highest BCUT2D eigenvalue weighted by molar-refractivity contribution is 6.04. The molecular weight excluding hydrogens is 384 g/mol. The van der Waals surface area contributed by atoms with Crippen LogP contribution in [0.4, 0.5) is 5.82 Å². The lowest BCUT2D eigenvalue weighted by atomic mass is 10.1. The summed E-state index contributed by atoms with van der Waals surface area (Å²) in [6.45, 7) is 3.65. The van der Waals surface area contributed by atoms with Crippen LogP contribution in [0.2, 0.25) is 0 Å². The van der Waals surface area contributed by atoms with Crippen LogP contribution in [0.5, 0.6) is 17.2 Å². The molecule has 2 aromatic carbocycles. The van der Waals surface area contributed by atoms with Gasteiger partial charge in [-0.1, -0.05) is 6.07 Å². The van der Waals surface area contributed by atoms with Gasteiger partial charge in [0.2, 0.25) is 0 Å². The first-order valence-corrected chi connectivity index (χ1v) is 9.43. The number of amides is 2. The van der Waals surface area contributed by atoms with Crippen molar-refractivity contribution < 1.29 is 19.1 Å². The van der Waals surface area contributed by atoms with E-state index < -0.39 is 5.72 Å². The minimum atomic E-state index is -0.758. The molecule has 4 rings (SSSR count). The monoisotopic (exact) mass is 406 g/mol. The van der Waals surface area contributed by atoms with E-state index in [-0.39, 0.29) is 11.8 Å². The van der Waals surface area contributed by atoms with Gasteiger partial charge in [-0.15, -0.1) is 0 Å². The van der Waals surface area contributed by atoms with Crippen LogP contribution in [0, 0.1) is 0 Å². The van der Waals surface area contributed by atoms with Gasteiger partial charge in [-0.3, -0.25) is 14.3 Å². The quantitative estimate of drug-likeness (QED) is 0.715. The summed E-state index contributed by atoms with van der Waals surface area (Å²) in [5, 5.41) is 6.88. The summed E-state index contributed by atoms with van der Waals surface area (Å²) in [5.74, 6) is 1.53. The highest BCUT2D eigenvalue weighted by Gasteiger charge is 2.37. The Morgan fingerprint density at radius 1 is 1.10 bits per heavy atom. The van der Waals surface area contributed by atoms with Crippen molar-refractivity contribution in [3.8, 4) is 17.2 Å². The standard InChI is InChI=1S/C22H22N4O4/c1-22(2)26(4)21(28)17-9-8-16(13-18(17)30-22)29-15-7-5-6-14(12-15)20(27)23-19-10-11-25(3)24-19/h5-13H,1-4H3,(H,23,24,27). The van der Waals surface area contributed by atoms with Gasteiger partial charge in [0.15, 0.2) is 11.5 Å². The smallest absolute Gasteiger partial charge is 0.260 e. The SMILES string of the molecule is CN1C(=O)c2ccc(Oc3cccc(C(=O)Nc4ccn(C)n4)c3)cc2OC1(C)C. The summed E-state index contributed by atoms with van der Waals surface area (Å²) < 4.78 is 13.5. The Labute approximate surface area is 174 Å². The van der Waals surface area contributed by atoms with Crippen molar-refractivity contribution in [3.63, 3.8) is 0 Å². The molecule has 8 nitrogen and oxygen atoms in total. The molecule has 0 atom stereocenters. The summed E-state index contributed by atoms with van der Waals surface area (Å²) in [5.41, 5.74) is 0.157. The van der Waals surface area contributed by atoms with E-state index in [9.17, 15) is 9.59 Å². The van der Waals surface area contributed by atoms with Crippen molar-refractivity contribution >= 4 is 17.6 Å². The Morgan fingerprint density at radius 2 is 1.87 bits per heavy atom. The lowest BCUT2D eigenvalue weighted by molar-refractivity contribution is -0.0366. The van der Waals surface area contributed by atoms with Gasteiger partial charge in [-0.05, 0) is 44.2 Å². The minimum absolute atomic E-state index is 0.110. The van der Waals surface area contributed by atoms with Gasteiger partial charge in [-0.2, -0.15) is 5.10 Å². The fourth-order valence-corrected chi connectivity index (χ4v) is 3.10. The van der Waals surface area contributed by atoms with Crippen molar-refractivity contribution in [2.24, 2.45) is 7.05 Å². The molecule has 0 radical (unpaired) electrons. The van der Waals surface area contributed by atoms with E-state index in [1.165, 1.54) is 0 Å². The predicted molar refractivity (Wildman–Crippen MR) is 111 cm³/mol. The van der Waals surface area contributed by atoms with Crippen molar-refractivity contribution in [3.05, 3.63) is 65.9 Å². The summed E-state index contributed by atoms with van der Waals surface area (Å²) in [7, 11) is 3.48. The Bertz CT molecular complexity index is 1140. The van der Waals surface area contributed by atoms with E-state index in [1.54, 1.807) is 78.4 Å². The number of anilines is 1. The third kappa shape index (κ3) is 3.71. The van der Waals surface area contributed by atoms with E-state index >= 15 is 0 Å². The summed E-state index contributed by atoms with van der Waals surface area (Å²) >= 11 is 0. The number of benzene rings is 2. The minimum Gasteiger partial charge on any atom is -0.468 e. The van der Waals surface area contributed by atoms with Gasteiger partial charge < -0.3 is 19.7 Å². The third-order valence-corrected chi connectivity index (χ3v) is 4.94. The normalized spacial score (nSPS) is 14.7. The zero-order valence-corrected chi connectivity index (χ0v) is 17.2. The fourth-order valence-electron chi connectivity index (χ4n) is 3.10. The summed E-state index contributed by atoms with van der Waals surface area (Å²) in [6.07, 6.45) is 1.75. The first-order valence-electron chi connectivity index (χ1n) is 9.43. The van der Waals surface area contributed by atoms with Crippen LogP contribution < -0.4 is 14.8 Å². The average molecular weight is 406 g/mol. The fraction of sp³-hybridized carbons (Fsp3) is 0.227. The molecular formula is C22H22N4O4. The Kier molecular flexibility index (Phi) is 4.69. The highest BCUT2D eigenvalue weighted by Crippen LogP contribution is 2.36. The number of fused-ring (bicyclic) bond motifs is 1. The maximum absolute atomic E-state index is 12.5. The van der Waals surface area contributed by atoms with Gasteiger partial charge in [0.25, 0.3) is 11.8 Å². The second kappa shape index (κ2) is 7.22. The molecule has 30 heavy (non-hydrogen) atoms. The summed E-state index contributed by atoms with van der Waals surface area (Å²) in [4.78, 5) is 26.6. The number of nitrogens with zero attached hydrogens (tertiary/aromatic N) is 3. The Morgan fingerprint density at radius 3 is 2.60 bits per heavy atom. The first kappa shape index (κ1) is 19.5. The van der Waals surface area contributed by atoms with Gasteiger partial charge in [0, 0.05) is 38.0 Å². The number of carbonyl (C=O) groups is 2. The molecule has 8 heteroatoms. The van der Waals surface area contributed by atoms with Crippen LogP contribution in [-0.4, -0.2) is 39.3 Å². The average Bonchev–Trinajstić information content (AvgIpc) is 3.10. The highest BCUT2D eigenvalue weighted by atomic mass is 16.5. The number of hydrogen-bond donors (Lipinski definition) is 1. The molecule has 1 aromatic heterocycles. The van der Waals surface area contributed by atoms with Gasteiger partial charge in [-0.25, -0.2) is 0 Å². The number of aromatic nitrogens is 2. The zero-order valence-electron chi connectivity index (χ0n) is 17.2. The second-order valence-corrected chi connectivity index (χ2v) is 7.53. The third-order valence-electron chi connectivity index (χ3n) is 4.94. The molecule has 0 unspecified atom stereocenters. The summed E-state index contributed by atoms with van der Waals surface area (Å²) in [6, 6.07) is 13.6. The number of rotatable bonds is 4. The number of hydrogen-bond acceptors (Lipinski definition) is 5. The van der Waals surface area contributed by atoms with Gasteiger partial charge in [0.05, 0.1) is 5.56 Å². The van der Waals surface area contributed by atoms with Crippen LogP contribution in [0.1, 0.15) is 34.6 Å². The topological polar surface area (TPSA) is 85.7 Å². The van der Waals surface area contributed by atoms with Crippen LogP contribution in [0.3, 0.4) is 0 Å². The van der Waals surface area contributed by atoms with E-state index in [4.69, 9.17) is 9.47 Å². The van der Waals surface area contributed by atoms with Crippen molar-refractivity contribution in [1.82, 2.24) is 14.7 Å². The second-order valence-electron chi connectivity index (χ2n) is 7.53. The van der Waals surface area contributed by atoms with Crippen LogP contribution >= 0.6 is 0 Å². The maximum atomic E-state index is 12.5. The lowest BCUT2D eigenvalue weighted by Gasteiger charge is -2.40. The molecule has 1 aliphatic rings. The Balaban J connectivity index is 1.53. The maximum Gasteiger partial charge on any atom is 0.260 e. The largest absolute Gasteiger partial charge is 0.468 e. The van der Waals surface area contributed by atoms with E-state index in [0.29, 0.717) is 34.2 Å². The van der Waals surface area contributed by atoms with Crippen molar-refractivity contribution in [1.29, 1.82) is 0 Å². The van der Waals surface area contributed by atoms with Gasteiger partial charge >= 0.3 is 0 Å². The molecule has 1 aliphatic heterocycles. The number of carbonyl (C=O) groups excluding carboxylic acids is 2. The Hall–Kier alpha value is -3.81. The van der Waals surface area contributed by atoms with Crippen LogP contribution in [0.25, 0.3) is 0 Å². The molecule has 2 amide bonds. The van der Waals surface area contributed by atoms with Crippen LogP contribution in [0.15, 0.2) is 54.7 Å². The molecule has 1 N–H and O–H groups in total. The molecule has 0 bridgehead atoms. The van der Waals surface area contributed by atoms with Crippen molar-refractivity contribution in [2.75, 3.05) is 12.4 Å². The predicted octanol–water partition coefficient (Wildman–Crippen LogP) is 3.67. The van der Waals surface area contributed by atoms with Gasteiger partial charge in [0.1, 0.15) is 17.2 Å². The molecule has 0 saturated carbocycles. The zero-order chi connectivity index (χ0) is 21.5.